The van der Waals surface area contributed by atoms with Gasteiger partial charge in [0.15, 0.2) is 0 Å². The Morgan fingerprint density at radius 3 is 2.52 bits per heavy atom. The summed E-state index contributed by atoms with van der Waals surface area (Å²) in [5.74, 6) is 0.709. The fraction of sp³-hybridized carbons (Fsp3) is 0.0667. The van der Waals surface area contributed by atoms with Crippen LogP contribution in [0.4, 0.5) is 5.69 Å². The van der Waals surface area contributed by atoms with Crippen LogP contribution in [-0.2, 0) is 0 Å². The molecule has 21 heavy (non-hydrogen) atoms. The Morgan fingerprint density at radius 2 is 1.86 bits per heavy atom. The highest BCUT2D eigenvalue weighted by Crippen LogP contribution is 2.29. The molecular weight excluding hydrogens is 270 g/mol. The van der Waals surface area contributed by atoms with Crippen molar-refractivity contribution in [3.8, 4) is 17.0 Å². The van der Waals surface area contributed by atoms with Crippen molar-refractivity contribution in [3.05, 3.63) is 58.9 Å². The zero-order valence-corrected chi connectivity index (χ0v) is 11.2. The fourth-order valence-corrected chi connectivity index (χ4v) is 2.13. The first kappa shape index (κ1) is 13.0. The lowest BCUT2D eigenvalue weighted by Crippen LogP contribution is -1.91. The van der Waals surface area contributed by atoms with Crippen LogP contribution in [-0.4, -0.2) is 22.0 Å². The lowest BCUT2D eigenvalue weighted by atomic mass is 10.1. The molecule has 0 aliphatic carbocycles. The minimum absolute atomic E-state index is 0.0506. The van der Waals surface area contributed by atoms with Crippen LogP contribution in [0, 0.1) is 10.1 Å². The van der Waals surface area contributed by atoms with Gasteiger partial charge in [-0.15, -0.1) is 0 Å². The Balaban J connectivity index is 2.17. The molecule has 1 aromatic heterocycles. The predicted molar refractivity (Wildman–Crippen MR) is 78.2 cm³/mol. The van der Waals surface area contributed by atoms with Gasteiger partial charge in [-0.1, -0.05) is 0 Å². The van der Waals surface area contributed by atoms with Crippen LogP contribution in [0.2, 0.25) is 0 Å². The number of methoxy groups -OCH3 is 1. The molecule has 0 N–H and O–H groups in total. The maximum atomic E-state index is 10.7. The van der Waals surface area contributed by atoms with Crippen LogP contribution in [0.15, 0.2) is 48.8 Å². The molecule has 0 radical (unpaired) electrons. The number of non-ortho nitro benzene ring substituents is 1. The van der Waals surface area contributed by atoms with E-state index in [-0.39, 0.29) is 5.69 Å². The highest BCUT2D eigenvalue weighted by Gasteiger charge is 2.10. The molecule has 3 rings (SSSR count). The molecule has 3 aromatic rings. The average molecular weight is 281 g/mol. The summed E-state index contributed by atoms with van der Waals surface area (Å²) in [5.41, 5.74) is 2.35. The van der Waals surface area contributed by atoms with Crippen LogP contribution in [0.5, 0.6) is 5.75 Å². The summed E-state index contributed by atoms with van der Waals surface area (Å²) >= 11 is 0. The smallest absolute Gasteiger partial charge is 0.269 e. The van der Waals surface area contributed by atoms with Gasteiger partial charge < -0.3 is 4.74 Å². The standard InChI is InChI=1S/C15H11N3O3/c1-21-12-6-7-14-13(8-12)15(17-9-16-14)10-2-4-11(5-3-10)18(19)20/h2-9H,1H3. The molecule has 1 heterocycles. The number of nitro groups is 1. The highest BCUT2D eigenvalue weighted by molar-refractivity contribution is 5.93. The van der Waals surface area contributed by atoms with Gasteiger partial charge in [0.1, 0.15) is 12.1 Å². The van der Waals surface area contributed by atoms with E-state index < -0.39 is 4.92 Å². The molecule has 0 unspecified atom stereocenters. The molecule has 0 aliphatic heterocycles. The van der Waals surface area contributed by atoms with Crippen LogP contribution < -0.4 is 4.74 Å². The molecule has 2 aromatic carbocycles. The number of hydrogen-bond donors (Lipinski definition) is 0. The van der Waals surface area contributed by atoms with Crippen molar-refractivity contribution >= 4 is 16.6 Å². The summed E-state index contributed by atoms with van der Waals surface area (Å²) < 4.78 is 5.22. The van der Waals surface area contributed by atoms with Gasteiger partial charge in [0.25, 0.3) is 5.69 Å². The summed E-state index contributed by atoms with van der Waals surface area (Å²) in [7, 11) is 1.59. The van der Waals surface area contributed by atoms with Gasteiger partial charge >= 0.3 is 0 Å². The maximum Gasteiger partial charge on any atom is 0.269 e. The molecule has 6 heteroatoms. The minimum atomic E-state index is -0.426. The summed E-state index contributed by atoms with van der Waals surface area (Å²) in [6.45, 7) is 0. The zero-order valence-electron chi connectivity index (χ0n) is 11.2. The topological polar surface area (TPSA) is 78.2 Å². The normalized spacial score (nSPS) is 10.5. The zero-order chi connectivity index (χ0) is 14.8. The lowest BCUT2D eigenvalue weighted by Gasteiger charge is -2.07. The van der Waals surface area contributed by atoms with E-state index in [4.69, 9.17) is 4.74 Å². The molecule has 0 saturated carbocycles. The van der Waals surface area contributed by atoms with Crippen molar-refractivity contribution < 1.29 is 9.66 Å². The van der Waals surface area contributed by atoms with Crippen molar-refractivity contribution in [1.82, 2.24) is 9.97 Å². The highest BCUT2D eigenvalue weighted by atomic mass is 16.6. The van der Waals surface area contributed by atoms with E-state index in [1.165, 1.54) is 18.5 Å². The molecule has 0 fully saturated rings. The monoisotopic (exact) mass is 281 g/mol. The van der Waals surface area contributed by atoms with E-state index in [1.54, 1.807) is 19.2 Å². The van der Waals surface area contributed by atoms with E-state index in [0.29, 0.717) is 11.4 Å². The van der Waals surface area contributed by atoms with Crippen molar-refractivity contribution in [2.24, 2.45) is 0 Å². The average Bonchev–Trinajstić information content (AvgIpc) is 2.54. The van der Waals surface area contributed by atoms with Crippen molar-refractivity contribution in [2.45, 2.75) is 0 Å². The van der Waals surface area contributed by atoms with Crippen LogP contribution in [0.3, 0.4) is 0 Å². The number of benzene rings is 2. The van der Waals surface area contributed by atoms with Gasteiger partial charge in [-0.05, 0) is 30.3 Å². The van der Waals surface area contributed by atoms with E-state index in [0.717, 1.165) is 16.5 Å². The SMILES string of the molecule is COc1ccc2ncnc(-c3ccc([N+](=O)[O-])cc3)c2c1. The maximum absolute atomic E-state index is 10.7. The van der Waals surface area contributed by atoms with Gasteiger partial charge in [-0.2, -0.15) is 0 Å². The van der Waals surface area contributed by atoms with Crippen LogP contribution in [0.25, 0.3) is 22.2 Å². The largest absolute Gasteiger partial charge is 0.497 e. The fourth-order valence-electron chi connectivity index (χ4n) is 2.13. The quantitative estimate of drug-likeness (QED) is 0.544. The molecule has 0 bridgehead atoms. The first-order chi connectivity index (χ1) is 10.2. The Hall–Kier alpha value is -3.02. The Morgan fingerprint density at radius 1 is 1.10 bits per heavy atom. The molecule has 0 amide bonds. The molecule has 0 aliphatic rings. The number of nitrogens with zero attached hydrogens (tertiary/aromatic N) is 3. The predicted octanol–water partition coefficient (Wildman–Crippen LogP) is 3.21. The Labute approximate surface area is 120 Å². The summed E-state index contributed by atoms with van der Waals surface area (Å²) in [6.07, 6.45) is 1.48. The minimum Gasteiger partial charge on any atom is -0.497 e. The summed E-state index contributed by atoms with van der Waals surface area (Å²) in [5, 5.41) is 11.5. The van der Waals surface area contributed by atoms with Crippen LogP contribution in [0.1, 0.15) is 0 Å². The number of rotatable bonds is 3. The Bertz CT molecular complexity index is 816. The third-order valence-corrected chi connectivity index (χ3v) is 3.19. The number of hydrogen-bond acceptors (Lipinski definition) is 5. The van der Waals surface area contributed by atoms with Crippen molar-refractivity contribution in [2.75, 3.05) is 7.11 Å². The van der Waals surface area contributed by atoms with Gasteiger partial charge in [0, 0.05) is 23.1 Å². The van der Waals surface area contributed by atoms with Gasteiger partial charge in [-0.25, -0.2) is 9.97 Å². The second-order valence-electron chi connectivity index (χ2n) is 4.41. The number of fused-ring (bicyclic) bond motifs is 1. The van der Waals surface area contributed by atoms with E-state index in [9.17, 15) is 10.1 Å². The van der Waals surface area contributed by atoms with Crippen LogP contribution >= 0.6 is 0 Å². The number of ether oxygens (including phenoxy) is 1. The Kier molecular flexibility index (Phi) is 3.19. The summed E-state index contributed by atoms with van der Waals surface area (Å²) in [4.78, 5) is 18.8. The molecule has 0 spiro atoms. The first-order valence-electron chi connectivity index (χ1n) is 6.22. The summed E-state index contributed by atoms with van der Waals surface area (Å²) in [6, 6.07) is 11.8. The van der Waals surface area contributed by atoms with Gasteiger partial charge in [-0.3, -0.25) is 10.1 Å². The van der Waals surface area contributed by atoms with Crippen molar-refractivity contribution in [1.29, 1.82) is 0 Å². The lowest BCUT2D eigenvalue weighted by molar-refractivity contribution is -0.384. The molecule has 104 valence electrons. The van der Waals surface area contributed by atoms with Gasteiger partial charge in [0.2, 0.25) is 0 Å². The third kappa shape index (κ3) is 2.38. The molecule has 0 atom stereocenters. The molecule has 0 saturated heterocycles. The van der Waals surface area contributed by atoms with E-state index in [1.807, 2.05) is 18.2 Å². The van der Waals surface area contributed by atoms with Crippen molar-refractivity contribution in [3.63, 3.8) is 0 Å². The number of nitro benzene ring substituents is 1. The second-order valence-corrected chi connectivity index (χ2v) is 4.41. The van der Waals surface area contributed by atoms with E-state index in [2.05, 4.69) is 9.97 Å². The second kappa shape index (κ2) is 5.16. The number of aromatic nitrogens is 2. The van der Waals surface area contributed by atoms with Gasteiger partial charge in [0.05, 0.1) is 23.2 Å². The van der Waals surface area contributed by atoms with E-state index >= 15 is 0 Å². The molecular formula is C15H11N3O3. The third-order valence-electron chi connectivity index (χ3n) is 3.19. The first-order valence-corrected chi connectivity index (χ1v) is 6.22. The molecule has 6 nitrogen and oxygen atoms in total.